The molecule has 2 fully saturated rings. The van der Waals surface area contributed by atoms with E-state index in [9.17, 15) is 22.9 Å². The number of alkyl halides is 2. The Labute approximate surface area is 131 Å². The number of carbonyl (C=O) groups excluding carboxylic acids is 1. The van der Waals surface area contributed by atoms with Gasteiger partial charge < -0.3 is 14.8 Å². The predicted molar refractivity (Wildman–Crippen MR) is 78.1 cm³/mol. The van der Waals surface area contributed by atoms with Crippen LogP contribution in [0.15, 0.2) is 4.40 Å². The van der Waals surface area contributed by atoms with E-state index in [1.165, 1.54) is 0 Å². The second kappa shape index (κ2) is 5.54. The van der Waals surface area contributed by atoms with Crippen molar-refractivity contribution in [1.29, 1.82) is 0 Å². The molecule has 0 aromatic rings. The Balaban J connectivity index is 2.30. The van der Waals surface area contributed by atoms with Crippen LogP contribution in [0.3, 0.4) is 0 Å². The van der Waals surface area contributed by atoms with Gasteiger partial charge in [-0.05, 0) is 40.0 Å². The van der Waals surface area contributed by atoms with Crippen LogP contribution in [0.2, 0.25) is 0 Å². The Bertz CT molecular complexity index is 521. The van der Waals surface area contributed by atoms with Crippen LogP contribution in [0.25, 0.3) is 0 Å². The van der Waals surface area contributed by atoms with Crippen molar-refractivity contribution in [1.82, 2.24) is 4.90 Å². The van der Waals surface area contributed by atoms with Gasteiger partial charge in [-0.15, -0.1) is 0 Å². The first kappa shape index (κ1) is 17.3. The van der Waals surface area contributed by atoms with Crippen LogP contribution in [0.5, 0.6) is 0 Å². The molecule has 1 spiro atoms. The van der Waals surface area contributed by atoms with Crippen LogP contribution in [0.4, 0.5) is 13.6 Å². The summed E-state index contributed by atoms with van der Waals surface area (Å²) in [6.07, 6.45) is -0.802. The maximum atomic E-state index is 14.2. The van der Waals surface area contributed by atoms with E-state index >= 15 is 0 Å². The first-order chi connectivity index (χ1) is 9.98. The highest BCUT2D eigenvalue weighted by Crippen LogP contribution is 2.51. The van der Waals surface area contributed by atoms with E-state index < -0.39 is 33.2 Å². The zero-order valence-corrected chi connectivity index (χ0v) is 13.8. The van der Waals surface area contributed by atoms with Gasteiger partial charge in [0, 0.05) is 24.9 Å². The van der Waals surface area contributed by atoms with Gasteiger partial charge in [0.1, 0.15) is 22.8 Å². The average Bonchev–Trinajstić information content (AvgIpc) is 2.63. The lowest BCUT2D eigenvalue weighted by Crippen LogP contribution is -2.50. The monoisotopic (exact) mass is 335 g/mol. The summed E-state index contributed by atoms with van der Waals surface area (Å²) < 4.78 is 43.8. The summed E-state index contributed by atoms with van der Waals surface area (Å²) in [4.78, 5) is 12.0. The maximum Gasteiger partial charge on any atom is 0.287 e. The SMILES string of the molecule is CC(C)(C)S(=O)N=C1C(F)(F)CCC12CCN(C(=O)[O-])CC2. The Kier molecular flexibility index (Phi) is 4.36. The van der Waals surface area contributed by atoms with Crippen LogP contribution in [0, 0.1) is 5.41 Å². The fraction of sp³-hybridized carbons (Fsp3) is 0.857. The number of halogens is 2. The molecule has 0 N–H and O–H groups in total. The fourth-order valence-electron chi connectivity index (χ4n) is 3.01. The normalized spacial score (nSPS) is 27.3. The van der Waals surface area contributed by atoms with E-state index in [2.05, 4.69) is 4.40 Å². The van der Waals surface area contributed by atoms with Crippen molar-refractivity contribution in [2.24, 2.45) is 9.81 Å². The number of amides is 1. The van der Waals surface area contributed by atoms with Gasteiger partial charge in [-0.1, -0.05) is 0 Å². The third-order valence-corrected chi connectivity index (χ3v) is 5.84. The third kappa shape index (κ3) is 3.16. The van der Waals surface area contributed by atoms with Crippen LogP contribution in [0.1, 0.15) is 46.5 Å². The van der Waals surface area contributed by atoms with E-state index in [1.807, 2.05) is 0 Å². The molecule has 1 saturated carbocycles. The number of hydrogen-bond donors (Lipinski definition) is 0. The summed E-state index contributed by atoms with van der Waals surface area (Å²) in [7, 11) is -1.75. The third-order valence-electron chi connectivity index (χ3n) is 4.44. The highest BCUT2D eigenvalue weighted by Gasteiger charge is 2.57. The Hall–Kier alpha value is -1.05. The Morgan fingerprint density at radius 1 is 1.23 bits per heavy atom. The molecule has 1 aliphatic heterocycles. The van der Waals surface area contributed by atoms with Crippen molar-refractivity contribution in [3.8, 4) is 0 Å². The second-order valence-corrected chi connectivity index (χ2v) is 8.94. The standard InChI is InChI=1S/C14H22F2N2O3S/c1-12(2,3)22(21)17-10-13(4-5-14(10,15)16)6-8-18(9-7-13)11(19)20/h4-9H2,1-3H3,(H,19,20)/p-1. The van der Waals surface area contributed by atoms with Crippen LogP contribution in [-0.4, -0.2) is 44.7 Å². The molecule has 0 bridgehead atoms. The molecule has 0 aromatic heterocycles. The zero-order valence-electron chi connectivity index (χ0n) is 13.0. The highest BCUT2D eigenvalue weighted by atomic mass is 32.2. The van der Waals surface area contributed by atoms with Gasteiger partial charge in [-0.3, -0.25) is 0 Å². The van der Waals surface area contributed by atoms with Crippen molar-refractivity contribution in [2.45, 2.75) is 57.1 Å². The molecule has 1 atom stereocenters. The first-order valence-electron chi connectivity index (χ1n) is 7.33. The number of hydrogen-bond acceptors (Lipinski definition) is 3. The lowest BCUT2D eigenvalue weighted by molar-refractivity contribution is -0.267. The first-order valence-corrected chi connectivity index (χ1v) is 8.44. The predicted octanol–water partition coefficient (Wildman–Crippen LogP) is 1.74. The van der Waals surface area contributed by atoms with E-state index in [0.717, 1.165) is 4.90 Å². The number of rotatable bonds is 1. The summed E-state index contributed by atoms with van der Waals surface area (Å²) >= 11 is 0. The summed E-state index contributed by atoms with van der Waals surface area (Å²) in [6.45, 7) is 5.36. The van der Waals surface area contributed by atoms with E-state index in [0.29, 0.717) is 0 Å². The molecular formula is C14H21F2N2O3S-. The van der Waals surface area contributed by atoms with Crippen molar-refractivity contribution in [3.05, 3.63) is 0 Å². The van der Waals surface area contributed by atoms with Crippen LogP contribution < -0.4 is 5.11 Å². The fourth-order valence-corrected chi connectivity index (χ4v) is 3.78. The van der Waals surface area contributed by atoms with Crippen molar-refractivity contribution in [2.75, 3.05) is 13.1 Å². The summed E-state index contributed by atoms with van der Waals surface area (Å²) in [5.41, 5.74) is -1.14. The molecule has 1 amide bonds. The number of likely N-dealkylation sites (tertiary alicyclic amines) is 1. The molecule has 22 heavy (non-hydrogen) atoms. The Morgan fingerprint density at radius 2 is 1.77 bits per heavy atom. The van der Waals surface area contributed by atoms with Crippen LogP contribution >= 0.6 is 0 Å². The molecular weight excluding hydrogens is 314 g/mol. The summed E-state index contributed by atoms with van der Waals surface area (Å²) in [6, 6.07) is 0. The smallest absolute Gasteiger partial charge is 0.287 e. The van der Waals surface area contributed by atoms with Gasteiger partial charge >= 0.3 is 0 Å². The van der Waals surface area contributed by atoms with E-state index in [1.54, 1.807) is 20.8 Å². The maximum absolute atomic E-state index is 14.2. The minimum absolute atomic E-state index is 0.152. The Morgan fingerprint density at radius 3 is 2.23 bits per heavy atom. The van der Waals surface area contributed by atoms with Gasteiger partial charge in [0.15, 0.2) is 0 Å². The molecule has 8 heteroatoms. The van der Waals surface area contributed by atoms with Crippen molar-refractivity contribution >= 4 is 22.8 Å². The number of piperidine rings is 1. The van der Waals surface area contributed by atoms with E-state index in [4.69, 9.17) is 0 Å². The molecule has 1 aliphatic carbocycles. The molecule has 126 valence electrons. The highest BCUT2D eigenvalue weighted by molar-refractivity contribution is 7.85. The van der Waals surface area contributed by atoms with Gasteiger partial charge in [0.05, 0.1) is 4.75 Å². The number of carboxylic acid groups (broad SMARTS) is 1. The largest absolute Gasteiger partial charge is 0.530 e. The minimum atomic E-state index is -3.06. The lowest BCUT2D eigenvalue weighted by atomic mass is 9.75. The second-order valence-electron chi connectivity index (χ2n) is 7.04. The molecule has 2 aliphatic rings. The van der Waals surface area contributed by atoms with Gasteiger partial charge in [-0.2, -0.15) is 13.2 Å². The minimum Gasteiger partial charge on any atom is -0.530 e. The van der Waals surface area contributed by atoms with Gasteiger partial charge in [0.25, 0.3) is 5.92 Å². The molecule has 1 heterocycles. The topological polar surface area (TPSA) is 72.8 Å². The zero-order chi connectivity index (χ0) is 16.8. The van der Waals surface area contributed by atoms with Crippen LogP contribution in [-0.2, 0) is 11.0 Å². The average molecular weight is 335 g/mol. The summed E-state index contributed by atoms with van der Waals surface area (Å²) in [5, 5.41) is 10.9. The lowest BCUT2D eigenvalue weighted by Gasteiger charge is -2.40. The van der Waals surface area contributed by atoms with E-state index in [-0.39, 0.29) is 44.5 Å². The molecule has 1 unspecified atom stereocenters. The molecule has 5 nitrogen and oxygen atoms in total. The molecule has 0 radical (unpaired) electrons. The van der Waals surface area contributed by atoms with Gasteiger partial charge in [0.2, 0.25) is 0 Å². The van der Waals surface area contributed by atoms with Crippen molar-refractivity contribution < 1.29 is 22.9 Å². The summed E-state index contributed by atoms with van der Waals surface area (Å²) in [5.74, 6) is -3.06. The number of nitrogens with zero attached hydrogens (tertiary/aromatic N) is 2. The van der Waals surface area contributed by atoms with Gasteiger partial charge in [-0.25, -0.2) is 4.21 Å². The number of carbonyl (C=O) groups is 1. The van der Waals surface area contributed by atoms with Crippen molar-refractivity contribution in [3.63, 3.8) is 0 Å². The molecule has 2 rings (SSSR count). The molecule has 1 saturated heterocycles. The molecule has 0 aromatic carbocycles. The quantitative estimate of drug-likeness (QED) is 0.733.